The van der Waals surface area contributed by atoms with E-state index in [2.05, 4.69) is 0 Å². The number of amides is 1. The van der Waals surface area contributed by atoms with Crippen LogP contribution < -0.4 is 4.90 Å². The van der Waals surface area contributed by atoms with Gasteiger partial charge in [-0.1, -0.05) is 11.6 Å². The van der Waals surface area contributed by atoms with E-state index in [9.17, 15) is 22.4 Å². The lowest BCUT2D eigenvalue weighted by Crippen LogP contribution is -2.52. The van der Waals surface area contributed by atoms with Crippen LogP contribution in [-0.4, -0.2) is 37.0 Å². The second-order valence-electron chi connectivity index (χ2n) is 9.88. The summed E-state index contributed by atoms with van der Waals surface area (Å²) in [5.41, 5.74) is -0.619. The minimum atomic E-state index is -1.59. The van der Waals surface area contributed by atoms with Crippen molar-refractivity contribution in [1.29, 1.82) is 0 Å². The van der Waals surface area contributed by atoms with Crippen molar-refractivity contribution < 1.29 is 22.4 Å². The van der Waals surface area contributed by atoms with Crippen molar-refractivity contribution in [1.82, 2.24) is 4.90 Å². The zero-order valence-corrected chi connectivity index (χ0v) is 17.5. The lowest BCUT2D eigenvalue weighted by molar-refractivity contribution is -0.139. The fourth-order valence-corrected chi connectivity index (χ4v) is 7.16. The number of halogens is 5. The summed E-state index contributed by atoms with van der Waals surface area (Å²) in [6.07, 6.45) is 7.93. The van der Waals surface area contributed by atoms with Crippen LogP contribution in [0.2, 0.25) is 5.02 Å². The van der Waals surface area contributed by atoms with E-state index in [0.29, 0.717) is 6.42 Å². The summed E-state index contributed by atoms with van der Waals surface area (Å²) >= 11 is 5.31. The van der Waals surface area contributed by atoms with Gasteiger partial charge in [-0.3, -0.25) is 4.79 Å². The zero-order chi connectivity index (χ0) is 21.2. The molecule has 0 radical (unpaired) electrons. The number of benzene rings is 1. The van der Waals surface area contributed by atoms with E-state index >= 15 is 0 Å². The second-order valence-corrected chi connectivity index (χ2v) is 10.3. The van der Waals surface area contributed by atoms with Gasteiger partial charge in [0, 0.05) is 32.6 Å². The fourth-order valence-electron chi connectivity index (χ4n) is 6.99. The first kappa shape index (κ1) is 20.4. The molecule has 4 saturated carbocycles. The summed E-state index contributed by atoms with van der Waals surface area (Å²) in [7, 11) is 0. The molecular formula is C22H25ClF4N2O. The average Bonchev–Trinajstić information content (AvgIpc) is 2.70. The van der Waals surface area contributed by atoms with Gasteiger partial charge in [0.25, 0.3) is 0 Å². The summed E-state index contributed by atoms with van der Waals surface area (Å²) in [6.45, 7) is 0.772. The Morgan fingerprint density at radius 1 is 0.833 bits per heavy atom. The van der Waals surface area contributed by atoms with Crippen molar-refractivity contribution in [2.45, 2.75) is 44.9 Å². The first-order valence-electron chi connectivity index (χ1n) is 10.8. The third kappa shape index (κ3) is 3.28. The molecule has 1 amide bonds. The SMILES string of the molecule is O=C(CC12CC3CC(CC(C3)C1)C2)N1CCN(c2c(F)c(F)c(Cl)c(F)c2F)CC1. The third-order valence-electron chi connectivity index (χ3n) is 7.83. The van der Waals surface area contributed by atoms with Crippen LogP contribution in [0.5, 0.6) is 0 Å². The summed E-state index contributed by atoms with van der Waals surface area (Å²) in [5.74, 6) is -3.79. The smallest absolute Gasteiger partial charge is 0.223 e. The Morgan fingerprint density at radius 3 is 1.77 bits per heavy atom. The van der Waals surface area contributed by atoms with Crippen molar-refractivity contribution in [2.75, 3.05) is 31.1 Å². The van der Waals surface area contributed by atoms with Crippen molar-refractivity contribution in [2.24, 2.45) is 23.2 Å². The largest absolute Gasteiger partial charge is 0.363 e. The third-order valence-corrected chi connectivity index (χ3v) is 8.16. The maximum atomic E-state index is 14.2. The van der Waals surface area contributed by atoms with Crippen molar-refractivity contribution >= 4 is 23.2 Å². The monoisotopic (exact) mass is 444 g/mol. The van der Waals surface area contributed by atoms with Crippen LogP contribution in [0.15, 0.2) is 0 Å². The highest BCUT2D eigenvalue weighted by Crippen LogP contribution is 2.61. The number of anilines is 1. The van der Waals surface area contributed by atoms with Gasteiger partial charge < -0.3 is 9.80 Å². The predicted molar refractivity (Wildman–Crippen MR) is 105 cm³/mol. The zero-order valence-electron chi connectivity index (χ0n) is 16.7. The topological polar surface area (TPSA) is 23.6 Å². The summed E-state index contributed by atoms with van der Waals surface area (Å²) in [5, 5.41) is -1.18. The van der Waals surface area contributed by atoms with Crippen molar-refractivity contribution in [3.8, 4) is 0 Å². The van der Waals surface area contributed by atoms with Gasteiger partial charge in [0.2, 0.25) is 5.91 Å². The Kier molecular flexibility index (Phi) is 4.95. The van der Waals surface area contributed by atoms with E-state index in [1.165, 1.54) is 24.2 Å². The van der Waals surface area contributed by atoms with Gasteiger partial charge >= 0.3 is 0 Å². The molecule has 0 spiro atoms. The van der Waals surface area contributed by atoms with Gasteiger partial charge in [-0.05, 0) is 61.7 Å². The Bertz CT molecular complexity index is 820. The second kappa shape index (κ2) is 7.28. The van der Waals surface area contributed by atoms with Crippen molar-refractivity contribution in [3.63, 3.8) is 0 Å². The van der Waals surface area contributed by atoms with Gasteiger partial charge in [0.05, 0.1) is 0 Å². The highest BCUT2D eigenvalue weighted by atomic mass is 35.5. The highest BCUT2D eigenvalue weighted by molar-refractivity contribution is 6.31. The minimum Gasteiger partial charge on any atom is -0.363 e. The quantitative estimate of drug-likeness (QED) is 0.365. The first-order valence-corrected chi connectivity index (χ1v) is 11.2. The van der Waals surface area contributed by atoms with Gasteiger partial charge in [-0.2, -0.15) is 0 Å². The van der Waals surface area contributed by atoms with Crippen LogP contribution in [0.3, 0.4) is 0 Å². The van der Waals surface area contributed by atoms with Gasteiger partial charge in [0.1, 0.15) is 10.7 Å². The van der Waals surface area contributed by atoms with E-state index in [-0.39, 0.29) is 37.5 Å². The number of rotatable bonds is 3. The molecule has 6 rings (SSSR count). The summed E-state index contributed by atoms with van der Waals surface area (Å²) in [4.78, 5) is 16.0. The molecule has 0 aromatic heterocycles. The van der Waals surface area contributed by atoms with E-state index < -0.39 is 34.0 Å². The first-order chi connectivity index (χ1) is 14.3. The van der Waals surface area contributed by atoms with Crippen molar-refractivity contribution in [3.05, 3.63) is 28.3 Å². The number of hydrogen-bond acceptors (Lipinski definition) is 2. The maximum absolute atomic E-state index is 14.2. The minimum absolute atomic E-state index is 0.0889. The molecule has 1 aromatic rings. The lowest BCUT2D eigenvalue weighted by atomic mass is 9.49. The van der Waals surface area contributed by atoms with E-state index in [1.807, 2.05) is 0 Å². The molecule has 5 fully saturated rings. The Morgan fingerprint density at radius 2 is 1.30 bits per heavy atom. The predicted octanol–water partition coefficient (Wildman–Crippen LogP) is 5.15. The van der Waals surface area contributed by atoms with Gasteiger partial charge in [0.15, 0.2) is 23.3 Å². The maximum Gasteiger partial charge on any atom is 0.223 e. The standard InChI is InChI=1S/C22H25ClF4N2O/c23-16-17(24)19(26)21(20(27)18(16)25)29-3-1-28(2-4-29)15(30)11-22-8-12-5-13(9-22)7-14(6-12)10-22/h12-14H,1-11H2. The molecule has 0 atom stereocenters. The molecular weight excluding hydrogens is 420 g/mol. The molecule has 8 heteroatoms. The molecule has 1 aliphatic heterocycles. The van der Waals surface area contributed by atoms with Gasteiger partial charge in [-0.15, -0.1) is 0 Å². The fraction of sp³-hybridized carbons (Fsp3) is 0.682. The van der Waals surface area contributed by atoms with Crippen LogP contribution in [0, 0.1) is 46.4 Å². The van der Waals surface area contributed by atoms with Crippen LogP contribution in [-0.2, 0) is 4.79 Å². The molecule has 0 N–H and O–H groups in total. The molecule has 1 heterocycles. The molecule has 1 aromatic carbocycles. The number of hydrogen-bond donors (Lipinski definition) is 0. The normalized spacial score (nSPS) is 32.8. The molecule has 0 unspecified atom stereocenters. The van der Waals surface area contributed by atoms with Gasteiger partial charge in [-0.25, -0.2) is 17.6 Å². The molecule has 3 nitrogen and oxygen atoms in total. The average molecular weight is 445 g/mol. The van der Waals surface area contributed by atoms with E-state index in [4.69, 9.17) is 11.6 Å². The molecule has 4 aliphatic carbocycles. The number of piperazine rings is 1. The van der Waals surface area contributed by atoms with E-state index in [1.54, 1.807) is 4.90 Å². The van der Waals surface area contributed by atoms with E-state index in [0.717, 1.165) is 37.0 Å². The Hall–Kier alpha value is -1.50. The molecule has 164 valence electrons. The molecule has 1 saturated heterocycles. The molecule has 4 bridgehead atoms. The Labute approximate surface area is 178 Å². The molecule has 5 aliphatic rings. The Balaban J connectivity index is 1.25. The lowest BCUT2D eigenvalue weighted by Gasteiger charge is -2.57. The number of carbonyl (C=O) groups excluding carboxylic acids is 1. The number of carbonyl (C=O) groups is 1. The van der Waals surface area contributed by atoms with Crippen LogP contribution >= 0.6 is 11.6 Å². The molecule has 30 heavy (non-hydrogen) atoms. The van der Waals surface area contributed by atoms with Crippen LogP contribution in [0.4, 0.5) is 23.2 Å². The summed E-state index contributed by atoms with van der Waals surface area (Å²) in [6, 6.07) is 0. The van der Waals surface area contributed by atoms with Crippen LogP contribution in [0.1, 0.15) is 44.9 Å². The number of nitrogens with zero attached hydrogens (tertiary/aromatic N) is 2. The van der Waals surface area contributed by atoms with Crippen LogP contribution in [0.25, 0.3) is 0 Å². The summed E-state index contributed by atoms with van der Waals surface area (Å²) < 4.78 is 56.1. The highest BCUT2D eigenvalue weighted by Gasteiger charge is 2.51.